The third-order valence-electron chi connectivity index (χ3n) is 3.22. The van der Waals surface area contributed by atoms with Crippen LogP contribution in [0.4, 0.5) is 13.2 Å². The van der Waals surface area contributed by atoms with E-state index in [1.807, 2.05) is 0 Å². The van der Waals surface area contributed by atoms with Gasteiger partial charge in [0, 0.05) is 38.3 Å². The fourth-order valence-electron chi connectivity index (χ4n) is 2.38. The second kappa shape index (κ2) is 5.37. The Bertz CT molecular complexity index is 464. The van der Waals surface area contributed by atoms with Crippen molar-refractivity contribution in [2.75, 3.05) is 26.2 Å². The Morgan fingerprint density at radius 3 is 2.00 bits per heavy atom. The number of alkyl halides is 3. The molecule has 112 valence electrons. The Kier molecular flexibility index (Phi) is 3.96. The monoisotopic (exact) mass is 292 g/mol. The second-order valence-electron chi connectivity index (χ2n) is 4.63. The fraction of sp³-hybridized carbons (Fsp3) is 0.500. The molecule has 1 aliphatic heterocycles. The predicted octanol–water partition coefficient (Wildman–Crippen LogP) is 1.31. The lowest BCUT2D eigenvalue weighted by Crippen LogP contribution is -2.49. The molecule has 0 spiro atoms. The van der Waals surface area contributed by atoms with Gasteiger partial charge in [0.2, 0.25) is 0 Å². The molecule has 0 aliphatic carbocycles. The number of rotatable bonds is 2. The molecule has 2 rings (SSSR count). The van der Waals surface area contributed by atoms with E-state index in [2.05, 4.69) is 5.32 Å². The molecule has 0 bridgehead atoms. The third-order valence-corrected chi connectivity index (χ3v) is 3.22. The smallest absolute Gasteiger partial charge is 0.408 e. The second-order valence-corrected chi connectivity index (χ2v) is 4.63. The van der Waals surface area contributed by atoms with E-state index in [1.165, 1.54) is 0 Å². The third kappa shape index (κ3) is 2.91. The molecule has 5 nitrogen and oxygen atoms in total. The minimum Gasteiger partial charge on any atom is -0.508 e. The molecule has 0 radical (unpaired) electrons. The zero-order valence-corrected chi connectivity index (χ0v) is 10.5. The Morgan fingerprint density at radius 2 is 1.55 bits per heavy atom. The molecule has 1 aromatic carbocycles. The molecule has 1 heterocycles. The Balaban J connectivity index is 2.46. The van der Waals surface area contributed by atoms with E-state index in [4.69, 9.17) is 0 Å². The van der Waals surface area contributed by atoms with E-state index in [1.54, 1.807) is 0 Å². The zero-order valence-electron chi connectivity index (χ0n) is 10.5. The van der Waals surface area contributed by atoms with Gasteiger partial charge < -0.3 is 20.6 Å². The molecule has 8 heteroatoms. The van der Waals surface area contributed by atoms with Gasteiger partial charge in [-0.15, -0.1) is 0 Å². The van der Waals surface area contributed by atoms with Crippen molar-refractivity contribution in [2.24, 2.45) is 0 Å². The van der Waals surface area contributed by atoms with Crippen molar-refractivity contribution in [3.8, 4) is 17.2 Å². The first kappa shape index (κ1) is 14.7. The normalized spacial score (nSPS) is 18.9. The Hall–Kier alpha value is -1.67. The van der Waals surface area contributed by atoms with E-state index >= 15 is 0 Å². The minimum absolute atomic E-state index is 0.143. The molecule has 0 saturated carbocycles. The Labute approximate surface area is 113 Å². The standard InChI is InChI=1S/C12H15F3N2O3/c13-12(14,15)11(17-3-1-16-2-4-17)10-8(19)5-7(18)6-9(10)20/h5-6,11,16,18-20H,1-4H2/t11-/m0/s1. The maximum absolute atomic E-state index is 13.3. The van der Waals surface area contributed by atoms with Gasteiger partial charge >= 0.3 is 6.18 Å². The molecule has 4 N–H and O–H groups in total. The summed E-state index contributed by atoms with van der Waals surface area (Å²) < 4.78 is 39.9. The average molecular weight is 292 g/mol. The maximum atomic E-state index is 13.3. The van der Waals surface area contributed by atoms with Crippen LogP contribution in [0, 0.1) is 0 Å². The highest BCUT2D eigenvalue weighted by molar-refractivity contribution is 5.51. The number of hydrogen-bond donors (Lipinski definition) is 4. The summed E-state index contributed by atoms with van der Waals surface area (Å²) in [5.74, 6) is -2.04. The highest BCUT2D eigenvalue weighted by Gasteiger charge is 2.47. The number of phenols is 3. The first-order chi connectivity index (χ1) is 9.30. The molecular weight excluding hydrogens is 277 g/mol. The summed E-state index contributed by atoms with van der Waals surface area (Å²) in [7, 11) is 0. The van der Waals surface area contributed by atoms with Crippen LogP contribution in [0.15, 0.2) is 12.1 Å². The minimum atomic E-state index is -4.65. The van der Waals surface area contributed by atoms with Gasteiger partial charge in [-0.25, -0.2) is 0 Å². The van der Waals surface area contributed by atoms with Crippen molar-refractivity contribution < 1.29 is 28.5 Å². The van der Waals surface area contributed by atoms with Crippen molar-refractivity contribution in [1.82, 2.24) is 10.2 Å². The molecule has 1 aliphatic rings. The summed E-state index contributed by atoms with van der Waals surface area (Å²) in [6.07, 6.45) is -4.65. The number of hydrogen-bond acceptors (Lipinski definition) is 5. The molecule has 1 saturated heterocycles. The van der Waals surface area contributed by atoms with E-state index in [-0.39, 0.29) is 13.1 Å². The fourth-order valence-corrected chi connectivity index (χ4v) is 2.38. The van der Waals surface area contributed by atoms with Gasteiger partial charge in [-0.1, -0.05) is 0 Å². The first-order valence-corrected chi connectivity index (χ1v) is 6.07. The molecule has 1 aromatic rings. The van der Waals surface area contributed by atoms with Crippen LogP contribution in [0.3, 0.4) is 0 Å². The molecule has 20 heavy (non-hydrogen) atoms. The molecule has 1 atom stereocenters. The number of phenolic OH excluding ortho intramolecular Hbond substituents is 3. The topological polar surface area (TPSA) is 76.0 Å². The van der Waals surface area contributed by atoms with Crippen LogP contribution in [0.2, 0.25) is 0 Å². The molecule has 0 aromatic heterocycles. The highest BCUT2D eigenvalue weighted by Crippen LogP contribution is 2.46. The lowest BCUT2D eigenvalue weighted by atomic mass is 10.0. The first-order valence-electron chi connectivity index (χ1n) is 6.07. The summed E-state index contributed by atoms with van der Waals surface area (Å²) in [5, 5.41) is 31.5. The summed E-state index contributed by atoms with van der Waals surface area (Å²) in [6.45, 7) is 1.08. The van der Waals surface area contributed by atoms with Crippen molar-refractivity contribution >= 4 is 0 Å². The van der Waals surface area contributed by atoms with Gasteiger partial charge in [-0.2, -0.15) is 13.2 Å². The van der Waals surface area contributed by atoms with Crippen molar-refractivity contribution in [3.05, 3.63) is 17.7 Å². The highest BCUT2D eigenvalue weighted by atomic mass is 19.4. The lowest BCUT2D eigenvalue weighted by Gasteiger charge is -2.36. The van der Waals surface area contributed by atoms with Crippen LogP contribution in [-0.4, -0.2) is 52.6 Å². The van der Waals surface area contributed by atoms with Crippen molar-refractivity contribution in [3.63, 3.8) is 0 Å². The van der Waals surface area contributed by atoms with Crippen LogP contribution >= 0.6 is 0 Å². The van der Waals surface area contributed by atoms with Crippen LogP contribution in [0.1, 0.15) is 11.6 Å². The molecule has 0 unspecified atom stereocenters. The van der Waals surface area contributed by atoms with Gasteiger partial charge in [-0.3, -0.25) is 4.90 Å². The van der Waals surface area contributed by atoms with Gasteiger partial charge in [-0.05, 0) is 0 Å². The summed E-state index contributed by atoms with van der Waals surface area (Å²) >= 11 is 0. The molecular formula is C12H15F3N2O3. The number of aromatic hydroxyl groups is 3. The zero-order chi connectivity index (χ0) is 14.9. The van der Waals surface area contributed by atoms with E-state index in [9.17, 15) is 28.5 Å². The number of benzene rings is 1. The quantitative estimate of drug-likeness (QED) is 0.661. The summed E-state index contributed by atoms with van der Waals surface area (Å²) in [4.78, 5) is 1.14. The Morgan fingerprint density at radius 1 is 1.05 bits per heavy atom. The van der Waals surface area contributed by atoms with Crippen LogP contribution < -0.4 is 5.32 Å². The van der Waals surface area contributed by atoms with Gasteiger partial charge in [0.25, 0.3) is 0 Å². The summed E-state index contributed by atoms with van der Waals surface area (Å²) in [6, 6.07) is -0.531. The SMILES string of the molecule is Oc1cc(O)c([C@H](N2CCNCC2)C(F)(F)F)c(O)c1. The number of nitrogens with one attached hydrogen (secondary N) is 1. The van der Waals surface area contributed by atoms with Crippen LogP contribution in [0.5, 0.6) is 17.2 Å². The average Bonchev–Trinajstić information content (AvgIpc) is 2.33. The van der Waals surface area contributed by atoms with Crippen LogP contribution in [-0.2, 0) is 0 Å². The number of piperazine rings is 1. The van der Waals surface area contributed by atoms with E-state index in [0.717, 1.165) is 17.0 Å². The summed E-state index contributed by atoms with van der Waals surface area (Å²) in [5.41, 5.74) is -0.628. The van der Waals surface area contributed by atoms with Gasteiger partial charge in [0.15, 0.2) is 0 Å². The van der Waals surface area contributed by atoms with Crippen molar-refractivity contribution in [1.29, 1.82) is 0 Å². The molecule has 1 fully saturated rings. The number of nitrogens with zero attached hydrogens (tertiary/aromatic N) is 1. The van der Waals surface area contributed by atoms with Gasteiger partial charge in [0.1, 0.15) is 23.3 Å². The number of halogens is 3. The van der Waals surface area contributed by atoms with E-state index < -0.39 is 35.0 Å². The van der Waals surface area contributed by atoms with Crippen molar-refractivity contribution in [2.45, 2.75) is 12.2 Å². The van der Waals surface area contributed by atoms with Crippen LogP contribution in [0.25, 0.3) is 0 Å². The molecule has 0 amide bonds. The lowest BCUT2D eigenvalue weighted by molar-refractivity contribution is -0.188. The van der Waals surface area contributed by atoms with Gasteiger partial charge in [0.05, 0.1) is 5.56 Å². The largest absolute Gasteiger partial charge is 0.508 e. The maximum Gasteiger partial charge on any atom is 0.408 e. The van der Waals surface area contributed by atoms with E-state index in [0.29, 0.717) is 13.1 Å². The predicted molar refractivity (Wildman–Crippen MR) is 64.7 cm³/mol.